The maximum absolute atomic E-state index is 11.5. The Kier molecular flexibility index (Phi) is 2.95. The molecule has 0 spiro atoms. The lowest BCUT2D eigenvalue weighted by Gasteiger charge is -2.32. The number of carbonyl (C=O) groups excluding carboxylic acids is 1. The molecule has 0 N–H and O–H groups in total. The summed E-state index contributed by atoms with van der Waals surface area (Å²) >= 11 is 0. The van der Waals surface area contributed by atoms with Gasteiger partial charge in [0.1, 0.15) is 0 Å². The van der Waals surface area contributed by atoms with Gasteiger partial charge in [-0.1, -0.05) is 6.92 Å². The van der Waals surface area contributed by atoms with Crippen molar-refractivity contribution in [2.45, 2.75) is 19.8 Å². The molecule has 1 saturated heterocycles. The Morgan fingerprint density at radius 1 is 1.33 bits per heavy atom. The third-order valence-electron chi connectivity index (χ3n) is 2.44. The van der Waals surface area contributed by atoms with Crippen LogP contribution in [0.5, 0.6) is 0 Å². The number of nitrogens with zero attached hydrogens (tertiary/aromatic N) is 2. The summed E-state index contributed by atoms with van der Waals surface area (Å²) in [5, 5.41) is 0. The Morgan fingerprint density at radius 3 is 2.25 bits per heavy atom. The zero-order valence-electron chi connectivity index (χ0n) is 8.21. The summed E-state index contributed by atoms with van der Waals surface area (Å²) in [6.07, 6.45) is 2.30. The first-order valence-electron chi connectivity index (χ1n) is 4.57. The van der Waals surface area contributed by atoms with Gasteiger partial charge in [0.2, 0.25) is 0 Å². The fourth-order valence-corrected chi connectivity index (χ4v) is 1.48. The number of amides is 2. The molecule has 1 aliphatic rings. The monoisotopic (exact) mass is 170 g/mol. The van der Waals surface area contributed by atoms with Gasteiger partial charge in [-0.05, 0) is 18.8 Å². The molecule has 3 heteroatoms. The molecule has 0 atom stereocenters. The molecule has 0 aromatic heterocycles. The molecule has 0 radical (unpaired) electrons. The van der Waals surface area contributed by atoms with E-state index in [1.165, 1.54) is 0 Å². The molecule has 0 unspecified atom stereocenters. The SMILES string of the molecule is CC1CCN(C(=O)N(C)C)CC1. The highest BCUT2D eigenvalue weighted by molar-refractivity contribution is 5.73. The number of carbonyl (C=O) groups is 1. The highest BCUT2D eigenvalue weighted by atomic mass is 16.2. The second-order valence-corrected chi connectivity index (χ2v) is 3.85. The normalized spacial score (nSPS) is 19.4. The maximum Gasteiger partial charge on any atom is 0.319 e. The molecule has 0 bridgehead atoms. The number of piperidine rings is 1. The number of hydrogen-bond acceptors (Lipinski definition) is 1. The van der Waals surface area contributed by atoms with E-state index in [4.69, 9.17) is 0 Å². The number of likely N-dealkylation sites (tertiary alicyclic amines) is 1. The predicted octanol–water partition coefficient (Wildman–Crippen LogP) is 1.40. The first-order valence-corrected chi connectivity index (χ1v) is 4.57. The molecule has 1 aliphatic heterocycles. The van der Waals surface area contributed by atoms with Crippen molar-refractivity contribution >= 4 is 6.03 Å². The van der Waals surface area contributed by atoms with E-state index < -0.39 is 0 Å². The van der Waals surface area contributed by atoms with Gasteiger partial charge in [0, 0.05) is 27.2 Å². The molecule has 1 fully saturated rings. The van der Waals surface area contributed by atoms with Crippen molar-refractivity contribution in [3.05, 3.63) is 0 Å². The van der Waals surface area contributed by atoms with E-state index in [2.05, 4.69) is 6.92 Å². The van der Waals surface area contributed by atoms with Crippen molar-refractivity contribution in [2.24, 2.45) is 5.92 Å². The van der Waals surface area contributed by atoms with Crippen LogP contribution in [0.15, 0.2) is 0 Å². The van der Waals surface area contributed by atoms with E-state index in [1.807, 2.05) is 4.90 Å². The van der Waals surface area contributed by atoms with Crippen LogP contribution in [-0.2, 0) is 0 Å². The predicted molar refractivity (Wildman–Crippen MR) is 49.1 cm³/mol. The largest absolute Gasteiger partial charge is 0.331 e. The molecule has 12 heavy (non-hydrogen) atoms. The topological polar surface area (TPSA) is 23.6 Å². The van der Waals surface area contributed by atoms with Gasteiger partial charge in [0.05, 0.1) is 0 Å². The third kappa shape index (κ3) is 2.13. The Hall–Kier alpha value is -0.730. The molecule has 2 amide bonds. The average Bonchev–Trinajstić information content (AvgIpc) is 2.04. The van der Waals surface area contributed by atoms with Crippen molar-refractivity contribution in [1.29, 1.82) is 0 Å². The lowest BCUT2D eigenvalue weighted by atomic mass is 10.00. The first kappa shape index (κ1) is 9.36. The molecule has 0 aromatic carbocycles. The molecule has 0 aromatic rings. The minimum Gasteiger partial charge on any atom is -0.331 e. The van der Waals surface area contributed by atoms with Gasteiger partial charge >= 0.3 is 6.03 Å². The Balaban J connectivity index is 2.39. The van der Waals surface area contributed by atoms with Crippen molar-refractivity contribution in [3.63, 3.8) is 0 Å². The molecule has 0 aliphatic carbocycles. The van der Waals surface area contributed by atoms with E-state index in [0.717, 1.165) is 31.8 Å². The maximum atomic E-state index is 11.5. The van der Waals surface area contributed by atoms with Crippen LogP contribution in [-0.4, -0.2) is 43.0 Å². The van der Waals surface area contributed by atoms with E-state index in [9.17, 15) is 4.79 Å². The minimum absolute atomic E-state index is 0.155. The quantitative estimate of drug-likeness (QED) is 0.539. The lowest BCUT2D eigenvalue weighted by Crippen LogP contribution is -2.43. The summed E-state index contributed by atoms with van der Waals surface area (Å²) in [7, 11) is 3.61. The Bertz CT molecular complexity index is 160. The van der Waals surface area contributed by atoms with Crippen molar-refractivity contribution in [3.8, 4) is 0 Å². The zero-order valence-corrected chi connectivity index (χ0v) is 8.21. The molecule has 1 heterocycles. The molecule has 0 saturated carbocycles. The van der Waals surface area contributed by atoms with Gasteiger partial charge in [0.15, 0.2) is 0 Å². The fraction of sp³-hybridized carbons (Fsp3) is 0.889. The minimum atomic E-state index is 0.155. The van der Waals surface area contributed by atoms with E-state index >= 15 is 0 Å². The molecule has 3 nitrogen and oxygen atoms in total. The third-order valence-corrected chi connectivity index (χ3v) is 2.44. The number of urea groups is 1. The summed E-state index contributed by atoms with van der Waals surface area (Å²) in [5.74, 6) is 0.788. The van der Waals surface area contributed by atoms with Gasteiger partial charge in [-0.2, -0.15) is 0 Å². The molecule has 70 valence electrons. The summed E-state index contributed by atoms with van der Waals surface area (Å²) in [6, 6.07) is 0.155. The summed E-state index contributed by atoms with van der Waals surface area (Å²) in [4.78, 5) is 15.0. The summed E-state index contributed by atoms with van der Waals surface area (Å²) in [6.45, 7) is 4.10. The van der Waals surface area contributed by atoms with Crippen LogP contribution in [0.2, 0.25) is 0 Å². The van der Waals surface area contributed by atoms with E-state index in [0.29, 0.717) is 0 Å². The Morgan fingerprint density at radius 2 is 1.83 bits per heavy atom. The van der Waals surface area contributed by atoms with Crippen LogP contribution in [0.3, 0.4) is 0 Å². The standard InChI is InChI=1S/C9H18N2O/c1-8-4-6-11(7-5-8)9(12)10(2)3/h8H,4-7H2,1-3H3. The average molecular weight is 170 g/mol. The van der Waals surface area contributed by atoms with E-state index in [-0.39, 0.29) is 6.03 Å². The number of hydrogen-bond donors (Lipinski definition) is 0. The van der Waals surface area contributed by atoms with Gasteiger partial charge in [-0.3, -0.25) is 0 Å². The van der Waals surface area contributed by atoms with Crippen molar-refractivity contribution in [2.75, 3.05) is 27.2 Å². The number of rotatable bonds is 0. The van der Waals surface area contributed by atoms with Gasteiger partial charge in [-0.25, -0.2) is 4.79 Å². The van der Waals surface area contributed by atoms with Crippen LogP contribution in [0, 0.1) is 5.92 Å². The summed E-state index contributed by atoms with van der Waals surface area (Å²) < 4.78 is 0. The van der Waals surface area contributed by atoms with Crippen LogP contribution in [0.1, 0.15) is 19.8 Å². The van der Waals surface area contributed by atoms with Crippen LogP contribution < -0.4 is 0 Å². The lowest BCUT2D eigenvalue weighted by molar-refractivity contribution is 0.150. The van der Waals surface area contributed by atoms with Gasteiger partial charge in [0.25, 0.3) is 0 Å². The van der Waals surface area contributed by atoms with Crippen molar-refractivity contribution < 1.29 is 4.79 Å². The van der Waals surface area contributed by atoms with Gasteiger partial charge < -0.3 is 9.80 Å². The van der Waals surface area contributed by atoms with Gasteiger partial charge in [-0.15, -0.1) is 0 Å². The first-order chi connectivity index (χ1) is 5.61. The highest BCUT2D eigenvalue weighted by Gasteiger charge is 2.20. The molecular formula is C9H18N2O. The molecular weight excluding hydrogens is 152 g/mol. The smallest absolute Gasteiger partial charge is 0.319 e. The fourth-order valence-electron chi connectivity index (χ4n) is 1.48. The summed E-state index contributed by atoms with van der Waals surface area (Å²) in [5.41, 5.74) is 0. The second kappa shape index (κ2) is 3.78. The van der Waals surface area contributed by atoms with E-state index in [1.54, 1.807) is 19.0 Å². The Labute approximate surface area is 74.3 Å². The van der Waals surface area contributed by atoms with Crippen molar-refractivity contribution in [1.82, 2.24) is 9.80 Å². The zero-order chi connectivity index (χ0) is 9.14. The van der Waals surface area contributed by atoms with Crippen LogP contribution in [0.25, 0.3) is 0 Å². The van der Waals surface area contributed by atoms with Crippen LogP contribution >= 0.6 is 0 Å². The highest BCUT2D eigenvalue weighted by Crippen LogP contribution is 2.16. The van der Waals surface area contributed by atoms with Crippen LogP contribution in [0.4, 0.5) is 4.79 Å². The second-order valence-electron chi connectivity index (χ2n) is 3.85. The molecule has 1 rings (SSSR count).